The van der Waals surface area contributed by atoms with Crippen molar-refractivity contribution in [3.05, 3.63) is 82.9 Å². The number of aliphatic hydroxyl groups is 4. The SMILES string of the molecule is CC(=O)O[C@@]12CO[C@@H]1C[C@H](O)[C@@]1(C)C(=O)[C@H](O)C3=C(C)[C@@H](OC(=O)[C@H](O)[C@@H](CC(=O)OC(C)(C)C)c4ccccc4)C[C@](O)([C@@H](OC(=O)c4ccccc4)[C@H]21)C3(C)C. The second kappa shape index (κ2) is 15.3. The highest BCUT2D eigenvalue weighted by Crippen LogP contribution is 2.64. The van der Waals surface area contributed by atoms with Gasteiger partial charge in [0.15, 0.2) is 17.5 Å². The number of ether oxygens (including phenoxy) is 5. The first-order chi connectivity index (χ1) is 27.0. The molecule has 314 valence electrons. The summed E-state index contributed by atoms with van der Waals surface area (Å²) in [5.74, 6) is -7.07. The minimum Gasteiger partial charge on any atom is -0.460 e. The van der Waals surface area contributed by atoms with Crippen molar-refractivity contribution in [2.24, 2.45) is 16.7 Å². The Kier molecular flexibility index (Phi) is 11.4. The lowest BCUT2D eigenvalue weighted by Crippen LogP contribution is -2.81. The topological polar surface area (TPSA) is 212 Å². The molecule has 2 bridgehead atoms. The molecule has 58 heavy (non-hydrogen) atoms. The highest BCUT2D eigenvalue weighted by atomic mass is 16.6. The lowest BCUT2D eigenvalue weighted by Gasteiger charge is -2.67. The number of Topliss-reactive ketones (excluding diaryl/α,β-unsaturated/α-hetero) is 1. The summed E-state index contributed by atoms with van der Waals surface area (Å²) in [6.07, 6.45) is -10.7. The van der Waals surface area contributed by atoms with E-state index in [1.54, 1.807) is 83.1 Å². The fourth-order valence-electron chi connectivity index (χ4n) is 9.82. The van der Waals surface area contributed by atoms with Crippen molar-refractivity contribution >= 4 is 29.7 Å². The number of esters is 4. The molecule has 14 nitrogen and oxygen atoms in total. The van der Waals surface area contributed by atoms with E-state index in [2.05, 4.69) is 0 Å². The van der Waals surface area contributed by atoms with Crippen molar-refractivity contribution < 1.29 is 68.1 Å². The van der Waals surface area contributed by atoms with Gasteiger partial charge in [0.2, 0.25) is 0 Å². The van der Waals surface area contributed by atoms with Crippen LogP contribution in [-0.2, 0) is 42.9 Å². The smallest absolute Gasteiger partial charge is 0.338 e. The average molecular weight is 807 g/mol. The summed E-state index contributed by atoms with van der Waals surface area (Å²) in [7, 11) is 0. The molecule has 1 heterocycles. The molecule has 3 fully saturated rings. The molecule has 0 radical (unpaired) electrons. The largest absolute Gasteiger partial charge is 0.460 e. The maximum absolute atomic E-state index is 15.0. The summed E-state index contributed by atoms with van der Waals surface area (Å²) in [4.78, 5) is 69.1. The van der Waals surface area contributed by atoms with E-state index in [1.165, 1.54) is 26.0 Å². The van der Waals surface area contributed by atoms with Crippen LogP contribution >= 0.6 is 0 Å². The molecule has 0 spiro atoms. The molecule has 6 rings (SSSR count). The van der Waals surface area contributed by atoms with E-state index in [0.29, 0.717) is 5.56 Å². The van der Waals surface area contributed by atoms with Crippen molar-refractivity contribution in [3.8, 4) is 0 Å². The molecule has 2 aromatic carbocycles. The molecule has 2 aromatic rings. The predicted octanol–water partition coefficient (Wildman–Crippen LogP) is 3.51. The third-order valence-electron chi connectivity index (χ3n) is 12.8. The highest BCUT2D eigenvalue weighted by molar-refractivity contribution is 5.94. The standard InChI is InChI=1S/C44H54O14/c1-23-28(55-39(52)33(48)27(25-15-11-9-12-16-25)19-31(47)58-40(3,4)5)21-44(53)37(56-38(51)26-17-13-10-14-18-26)35-42(8,36(50)34(49)32(23)41(44,6)7)29(46)20-30-43(35,22-54-30)57-24(2)45/h9-18,27-30,33-35,37,46,48-49,53H,19-22H2,1-8H3/t27-,28-,29-,30+,33+,34+,35-,37-,42+,43-,44-/m0/s1. The maximum Gasteiger partial charge on any atom is 0.338 e. The van der Waals surface area contributed by atoms with Crippen molar-refractivity contribution in [2.75, 3.05) is 6.61 Å². The zero-order valence-electron chi connectivity index (χ0n) is 34.1. The molecule has 3 aliphatic carbocycles. The fourth-order valence-corrected chi connectivity index (χ4v) is 9.82. The number of hydrogen-bond acceptors (Lipinski definition) is 14. The lowest BCUT2D eigenvalue weighted by molar-refractivity contribution is -0.346. The van der Waals surface area contributed by atoms with Gasteiger partial charge in [-0.1, -0.05) is 62.4 Å². The molecular formula is C44H54O14. The quantitative estimate of drug-likeness (QED) is 0.162. The number of benzene rings is 2. The minimum atomic E-state index is -2.34. The summed E-state index contributed by atoms with van der Waals surface area (Å²) >= 11 is 0. The number of aliphatic hydroxyl groups excluding tert-OH is 3. The van der Waals surface area contributed by atoms with Crippen LogP contribution in [0.25, 0.3) is 0 Å². The normalized spacial score (nSPS) is 33.8. The molecule has 0 amide bonds. The van der Waals surface area contributed by atoms with Crippen molar-refractivity contribution in [3.63, 3.8) is 0 Å². The molecule has 14 heteroatoms. The Morgan fingerprint density at radius 1 is 0.948 bits per heavy atom. The average Bonchev–Trinajstić information content (AvgIpc) is 3.14. The van der Waals surface area contributed by atoms with Crippen molar-refractivity contribution in [1.29, 1.82) is 0 Å². The van der Waals surface area contributed by atoms with Crippen LogP contribution in [-0.4, -0.2) is 110 Å². The third kappa shape index (κ3) is 7.16. The first-order valence-corrected chi connectivity index (χ1v) is 19.6. The number of ketones is 1. The van der Waals surface area contributed by atoms with Crippen LogP contribution in [0.15, 0.2) is 71.8 Å². The van der Waals surface area contributed by atoms with E-state index in [9.17, 15) is 44.4 Å². The van der Waals surface area contributed by atoms with Crippen LogP contribution in [0, 0.1) is 16.7 Å². The van der Waals surface area contributed by atoms with E-state index >= 15 is 0 Å². The van der Waals surface area contributed by atoms with Gasteiger partial charge >= 0.3 is 23.9 Å². The van der Waals surface area contributed by atoms with Crippen LogP contribution in [0.5, 0.6) is 0 Å². The molecule has 0 unspecified atom stereocenters. The molecule has 0 aromatic heterocycles. The van der Waals surface area contributed by atoms with Crippen LogP contribution in [0.2, 0.25) is 0 Å². The van der Waals surface area contributed by atoms with Gasteiger partial charge in [-0.2, -0.15) is 0 Å². The Morgan fingerprint density at radius 2 is 1.55 bits per heavy atom. The number of carbonyl (C=O) groups is 5. The zero-order valence-corrected chi connectivity index (χ0v) is 34.1. The monoisotopic (exact) mass is 806 g/mol. The number of carbonyl (C=O) groups excluding carboxylic acids is 5. The second-order valence-corrected chi connectivity index (χ2v) is 17.8. The minimum absolute atomic E-state index is 0.0481. The summed E-state index contributed by atoms with van der Waals surface area (Å²) in [5.41, 5.74) is -7.87. The van der Waals surface area contributed by atoms with Gasteiger partial charge in [-0.3, -0.25) is 14.4 Å². The van der Waals surface area contributed by atoms with Gasteiger partial charge < -0.3 is 44.1 Å². The molecule has 4 aliphatic rings. The molecular weight excluding hydrogens is 752 g/mol. The van der Waals surface area contributed by atoms with Crippen LogP contribution < -0.4 is 0 Å². The Bertz CT molecular complexity index is 1970. The predicted molar refractivity (Wildman–Crippen MR) is 205 cm³/mol. The van der Waals surface area contributed by atoms with Gasteiger partial charge in [0.25, 0.3) is 0 Å². The molecule has 2 saturated carbocycles. The van der Waals surface area contributed by atoms with Crippen molar-refractivity contribution in [1.82, 2.24) is 0 Å². The molecule has 4 N–H and O–H groups in total. The van der Waals surface area contributed by atoms with Gasteiger partial charge in [-0.15, -0.1) is 0 Å². The first kappa shape index (κ1) is 43.1. The molecule has 11 atom stereocenters. The van der Waals surface area contributed by atoms with Gasteiger partial charge in [0.05, 0.1) is 36.0 Å². The fraction of sp³-hybridized carbons (Fsp3) is 0.568. The van der Waals surface area contributed by atoms with Gasteiger partial charge in [-0.05, 0) is 63.5 Å². The molecule has 1 saturated heterocycles. The number of fused-ring (bicyclic) bond motifs is 5. The Balaban J connectivity index is 1.49. The summed E-state index contributed by atoms with van der Waals surface area (Å²) < 4.78 is 29.7. The lowest BCUT2D eigenvalue weighted by atomic mass is 9.44. The number of hydrogen-bond donors (Lipinski definition) is 4. The van der Waals surface area contributed by atoms with E-state index in [4.69, 9.17) is 23.7 Å². The first-order valence-electron chi connectivity index (χ1n) is 19.6. The van der Waals surface area contributed by atoms with E-state index < -0.39 is 119 Å². The molecule has 1 aliphatic heterocycles. The van der Waals surface area contributed by atoms with E-state index in [0.717, 1.165) is 6.92 Å². The van der Waals surface area contributed by atoms with E-state index in [1.807, 2.05) is 0 Å². The zero-order chi connectivity index (χ0) is 42.7. The second-order valence-electron chi connectivity index (χ2n) is 17.8. The maximum atomic E-state index is 15.0. The van der Waals surface area contributed by atoms with Crippen LogP contribution in [0.4, 0.5) is 0 Å². The van der Waals surface area contributed by atoms with Gasteiger partial charge in [-0.25, -0.2) is 9.59 Å². The van der Waals surface area contributed by atoms with E-state index in [-0.39, 0.29) is 29.7 Å². The number of rotatable bonds is 9. The van der Waals surface area contributed by atoms with Crippen LogP contribution in [0.3, 0.4) is 0 Å². The summed E-state index contributed by atoms with van der Waals surface area (Å²) in [5, 5.41) is 49.1. The van der Waals surface area contributed by atoms with Crippen LogP contribution in [0.1, 0.15) is 96.5 Å². The Labute approximate surface area is 337 Å². The summed E-state index contributed by atoms with van der Waals surface area (Å²) in [6.45, 7) is 12.0. The Hall–Kier alpha value is -4.47. The van der Waals surface area contributed by atoms with Crippen molar-refractivity contribution in [2.45, 2.75) is 134 Å². The highest BCUT2D eigenvalue weighted by Gasteiger charge is 2.78. The van der Waals surface area contributed by atoms with Gasteiger partial charge in [0.1, 0.15) is 35.6 Å². The Morgan fingerprint density at radius 3 is 2.10 bits per heavy atom. The van der Waals surface area contributed by atoms with Gasteiger partial charge in [0, 0.05) is 31.1 Å². The third-order valence-corrected chi connectivity index (χ3v) is 12.8. The summed E-state index contributed by atoms with van der Waals surface area (Å²) in [6, 6.07) is 16.3.